The van der Waals surface area contributed by atoms with Gasteiger partial charge in [0.2, 0.25) is 5.91 Å². The second-order valence-corrected chi connectivity index (χ2v) is 5.13. The number of hydrogen-bond donors (Lipinski definition) is 2. The first-order valence-electron chi connectivity index (χ1n) is 6.68. The van der Waals surface area contributed by atoms with Gasteiger partial charge in [0.05, 0.1) is 0 Å². The van der Waals surface area contributed by atoms with Gasteiger partial charge in [-0.15, -0.1) is 0 Å². The highest BCUT2D eigenvalue weighted by atomic mass is 19.2. The summed E-state index contributed by atoms with van der Waals surface area (Å²) in [7, 11) is 0. The molecule has 0 radical (unpaired) electrons. The van der Waals surface area contributed by atoms with Gasteiger partial charge in [-0.05, 0) is 26.0 Å². The molecule has 0 aliphatic carbocycles. The topological polar surface area (TPSA) is 58.4 Å². The largest absolute Gasteiger partial charge is 0.368 e. The summed E-state index contributed by atoms with van der Waals surface area (Å²) in [5.41, 5.74) is 4.16. The van der Waals surface area contributed by atoms with E-state index in [2.05, 4.69) is 5.32 Å². The molecule has 1 aromatic rings. The summed E-state index contributed by atoms with van der Waals surface area (Å²) in [5, 5.41) is 3.20. The van der Waals surface area contributed by atoms with Crippen molar-refractivity contribution in [3.63, 3.8) is 0 Å². The van der Waals surface area contributed by atoms with Crippen LogP contribution in [0.4, 0.5) is 8.78 Å². The number of nitrogens with two attached hydrogens (primary N) is 1. The third-order valence-corrected chi connectivity index (χ3v) is 3.93. The fraction of sp³-hybridized carbons (Fsp3) is 0.500. The molecule has 0 aromatic heterocycles. The van der Waals surface area contributed by atoms with E-state index in [0.717, 1.165) is 19.0 Å². The molecule has 1 amide bonds. The Hall–Kier alpha value is -1.53. The lowest BCUT2D eigenvalue weighted by Gasteiger charge is -2.38. The molecule has 1 fully saturated rings. The number of nitrogens with zero attached hydrogens (tertiary/aromatic N) is 1. The first-order valence-corrected chi connectivity index (χ1v) is 6.68. The Bertz CT molecular complexity index is 501. The number of primary amides is 1. The fourth-order valence-electron chi connectivity index (χ4n) is 2.63. The van der Waals surface area contributed by atoms with E-state index in [9.17, 15) is 13.6 Å². The third-order valence-electron chi connectivity index (χ3n) is 3.93. The van der Waals surface area contributed by atoms with E-state index in [4.69, 9.17) is 5.73 Å². The van der Waals surface area contributed by atoms with Crippen LogP contribution in [0.3, 0.4) is 0 Å². The lowest BCUT2D eigenvalue weighted by atomic mass is 9.88. The van der Waals surface area contributed by atoms with Crippen LogP contribution in [0, 0.1) is 11.6 Å². The average Bonchev–Trinajstić information content (AvgIpc) is 2.70. The molecule has 2 rings (SSSR count). The third kappa shape index (κ3) is 2.53. The van der Waals surface area contributed by atoms with Crippen LogP contribution in [0.5, 0.6) is 0 Å². The van der Waals surface area contributed by atoms with Crippen molar-refractivity contribution in [2.45, 2.75) is 18.9 Å². The SMILES string of the molecule is CC(C(N)=O)(c1cccc(F)c1F)N1CCCNCC1. The molecule has 1 aromatic carbocycles. The highest BCUT2D eigenvalue weighted by molar-refractivity contribution is 5.85. The molecule has 1 heterocycles. The molecule has 110 valence electrons. The zero-order valence-corrected chi connectivity index (χ0v) is 11.5. The lowest BCUT2D eigenvalue weighted by molar-refractivity contribution is -0.130. The quantitative estimate of drug-likeness (QED) is 0.869. The minimum atomic E-state index is -1.35. The van der Waals surface area contributed by atoms with Gasteiger partial charge in [0, 0.05) is 25.2 Å². The van der Waals surface area contributed by atoms with Crippen molar-refractivity contribution in [1.82, 2.24) is 10.2 Å². The van der Waals surface area contributed by atoms with Crippen LogP contribution in [-0.2, 0) is 10.3 Å². The van der Waals surface area contributed by atoms with E-state index >= 15 is 0 Å². The zero-order chi connectivity index (χ0) is 14.8. The summed E-state index contributed by atoms with van der Waals surface area (Å²) >= 11 is 0. The van der Waals surface area contributed by atoms with Crippen LogP contribution in [0.25, 0.3) is 0 Å². The Morgan fingerprint density at radius 1 is 1.35 bits per heavy atom. The van der Waals surface area contributed by atoms with E-state index in [1.165, 1.54) is 12.1 Å². The van der Waals surface area contributed by atoms with Gasteiger partial charge in [-0.1, -0.05) is 12.1 Å². The predicted molar refractivity (Wildman–Crippen MR) is 72.0 cm³/mol. The molecule has 20 heavy (non-hydrogen) atoms. The number of hydrogen-bond acceptors (Lipinski definition) is 3. The maximum atomic E-state index is 14.1. The Morgan fingerprint density at radius 3 is 2.80 bits per heavy atom. The van der Waals surface area contributed by atoms with Crippen LogP contribution in [0.1, 0.15) is 18.9 Å². The van der Waals surface area contributed by atoms with E-state index in [1.54, 1.807) is 6.92 Å². The van der Waals surface area contributed by atoms with Gasteiger partial charge in [0.1, 0.15) is 5.54 Å². The highest BCUT2D eigenvalue weighted by Gasteiger charge is 2.42. The molecule has 3 N–H and O–H groups in total. The molecule has 1 aliphatic heterocycles. The number of halogens is 2. The molecule has 1 unspecified atom stereocenters. The van der Waals surface area contributed by atoms with Gasteiger partial charge in [-0.3, -0.25) is 9.69 Å². The van der Waals surface area contributed by atoms with Gasteiger partial charge in [-0.25, -0.2) is 8.78 Å². The molecule has 0 saturated carbocycles. The van der Waals surface area contributed by atoms with E-state index in [-0.39, 0.29) is 5.56 Å². The Labute approximate surface area is 116 Å². The van der Waals surface area contributed by atoms with Gasteiger partial charge >= 0.3 is 0 Å². The molecular formula is C14H19F2N3O. The van der Waals surface area contributed by atoms with Crippen molar-refractivity contribution in [3.8, 4) is 0 Å². The monoisotopic (exact) mass is 283 g/mol. The van der Waals surface area contributed by atoms with Gasteiger partial charge < -0.3 is 11.1 Å². The molecule has 0 bridgehead atoms. The van der Waals surface area contributed by atoms with Crippen molar-refractivity contribution >= 4 is 5.91 Å². The minimum absolute atomic E-state index is 0.00750. The second-order valence-electron chi connectivity index (χ2n) is 5.13. The summed E-state index contributed by atoms with van der Waals surface area (Å²) < 4.78 is 27.6. The molecule has 1 aliphatic rings. The number of nitrogens with one attached hydrogen (secondary N) is 1. The smallest absolute Gasteiger partial charge is 0.242 e. The van der Waals surface area contributed by atoms with Crippen LogP contribution in [-0.4, -0.2) is 37.0 Å². The van der Waals surface area contributed by atoms with Crippen molar-refractivity contribution in [1.29, 1.82) is 0 Å². The first-order chi connectivity index (χ1) is 9.48. The van der Waals surface area contributed by atoms with E-state index < -0.39 is 23.1 Å². The van der Waals surface area contributed by atoms with Crippen molar-refractivity contribution in [2.75, 3.05) is 26.2 Å². The Morgan fingerprint density at radius 2 is 2.10 bits per heavy atom. The van der Waals surface area contributed by atoms with Crippen LogP contribution in [0.15, 0.2) is 18.2 Å². The van der Waals surface area contributed by atoms with Gasteiger partial charge in [0.15, 0.2) is 11.6 Å². The van der Waals surface area contributed by atoms with Crippen LogP contribution in [0.2, 0.25) is 0 Å². The Balaban J connectivity index is 2.48. The number of amides is 1. The number of benzene rings is 1. The van der Waals surface area contributed by atoms with Crippen LogP contribution < -0.4 is 11.1 Å². The normalized spacial score (nSPS) is 20.1. The summed E-state index contributed by atoms with van der Waals surface area (Å²) in [6.45, 7) is 4.22. The van der Waals surface area contributed by atoms with Gasteiger partial charge in [0.25, 0.3) is 0 Å². The second kappa shape index (κ2) is 5.85. The van der Waals surface area contributed by atoms with Crippen molar-refractivity contribution < 1.29 is 13.6 Å². The summed E-state index contributed by atoms with van der Waals surface area (Å²) in [6.07, 6.45) is 0.819. The first kappa shape index (κ1) is 14.9. The van der Waals surface area contributed by atoms with E-state index in [0.29, 0.717) is 19.6 Å². The maximum Gasteiger partial charge on any atom is 0.242 e. The average molecular weight is 283 g/mol. The predicted octanol–water partition coefficient (Wildman–Crippen LogP) is 0.961. The summed E-state index contributed by atoms with van der Waals surface area (Å²) in [4.78, 5) is 13.8. The molecule has 4 nitrogen and oxygen atoms in total. The lowest BCUT2D eigenvalue weighted by Crippen LogP contribution is -2.54. The fourth-order valence-corrected chi connectivity index (χ4v) is 2.63. The Kier molecular flexibility index (Phi) is 4.35. The van der Waals surface area contributed by atoms with Crippen LogP contribution >= 0.6 is 0 Å². The molecule has 1 atom stereocenters. The van der Waals surface area contributed by atoms with Crippen molar-refractivity contribution in [3.05, 3.63) is 35.4 Å². The highest BCUT2D eigenvalue weighted by Crippen LogP contribution is 2.31. The number of carbonyl (C=O) groups excluding carboxylic acids is 1. The maximum absolute atomic E-state index is 14.1. The molecule has 6 heteroatoms. The van der Waals surface area contributed by atoms with Crippen molar-refractivity contribution in [2.24, 2.45) is 5.73 Å². The minimum Gasteiger partial charge on any atom is -0.368 e. The van der Waals surface area contributed by atoms with Gasteiger partial charge in [-0.2, -0.15) is 0 Å². The van der Waals surface area contributed by atoms with E-state index in [1.807, 2.05) is 4.90 Å². The molecular weight excluding hydrogens is 264 g/mol. The molecule has 1 saturated heterocycles. The molecule has 0 spiro atoms. The summed E-state index contributed by atoms with van der Waals surface area (Å²) in [6, 6.07) is 3.84. The number of rotatable bonds is 3. The number of carbonyl (C=O) groups is 1. The summed E-state index contributed by atoms with van der Waals surface area (Å²) in [5.74, 6) is -2.65. The standard InChI is InChI=1S/C14H19F2N3O/c1-14(13(17)20,19-8-3-6-18-7-9-19)10-4-2-5-11(15)12(10)16/h2,4-5,18H,3,6-9H2,1H3,(H2,17,20). The zero-order valence-electron chi connectivity index (χ0n) is 11.5.